The second-order valence-electron chi connectivity index (χ2n) is 7.73. The number of aryl methyl sites for hydroxylation is 2. The van der Waals surface area contributed by atoms with E-state index >= 15 is 0 Å². The van der Waals surface area contributed by atoms with Gasteiger partial charge in [-0.25, -0.2) is 8.42 Å². The van der Waals surface area contributed by atoms with Gasteiger partial charge in [-0.05, 0) is 42.7 Å². The Morgan fingerprint density at radius 1 is 1.00 bits per heavy atom. The van der Waals surface area contributed by atoms with E-state index < -0.39 is 10.0 Å². The second kappa shape index (κ2) is 8.16. The minimum atomic E-state index is -3.68. The zero-order chi connectivity index (χ0) is 21.3. The van der Waals surface area contributed by atoms with Gasteiger partial charge < -0.3 is 4.90 Å². The van der Waals surface area contributed by atoms with E-state index in [2.05, 4.69) is 4.98 Å². The second-order valence-corrected chi connectivity index (χ2v) is 9.64. The van der Waals surface area contributed by atoms with Crippen LogP contribution in [0.1, 0.15) is 16.7 Å². The summed E-state index contributed by atoms with van der Waals surface area (Å²) in [6.45, 7) is 5.27. The highest BCUT2D eigenvalue weighted by molar-refractivity contribution is 7.89. The number of amides is 1. The number of sulfonamides is 1. The van der Waals surface area contributed by atoms with Crippen molar-refractivity contribution in [2.45, 2.75) is 25.2 Å². The van der Waals surface area contributed by atoms with Crippen LogP contribution >= 0.6 is 0 Å². The van der Waals surface area contributed by atoms with E-state index in [9.17, 15) is 13.2 Å². The van der Waals surface area contributed by atoms with E-state index in [-0.39, 0.29) is 23.9 Å². The molecular formula is C23H25N3O3S. The summed E-state index contributed by atoms with van der Waals surface area (Å²) in [5, 5.41) is 0.808. The summed E-state index contributed by atoms with van der Waals surface area (Å²) < 4.78 is 28.0. The number of piperazine rings is 1. The molecule has 0 N–H and O–H groups in total. The summed E-state index contributed by atoms with van der Waals surface area (Å²) >= 11 is 0. The molecule has 1 amide bonds. The van der Waals surface area contributed by atoms with Gasteiger partial charge in [0.25, 0.3) is 0 Å². The maximum absolute atomic E-state index is 13.3. The van der Waals surface area contributed by atoms with Crippen molar-refractivity contribution in [2.24, 2.45) is 0 Å². The van der Waals surface area contributed by atoms with Crippen LogP contribution in [0.4, 0.5) is 0 Å². The lowest BCUT2D eigenvalue weighted by molar-refractivity contribution is -0.131. The normalized spacial score (nSPS) is 15.5. The highest BCUT2D eigenvalue weighted by atomic mass is 32.2. The first-order valence-electron chi connectivity index (χ1n) is 10.0. The Kier molecular flexibility index (Phi) is 5.58. The van der Waals surface area contributed by atoms with E-state index in [1.165, 1.54) is 4.31 Å². The van der Waals surface area contributed by atoms with Gasteiger partial charge in [0.05, 0.1) is 11.9 Å². The SMILES string of the molecule is Cc1cnc2c(S(=O)(=O)N3CCN(C(=O)Cc4ccccc4C)CC3)cccc2c1. The number of rotatable bonds is 4. The van der Waals surface area contributed by atoms with E-state index in [0.29, 0.717) is 25.0 Å². The molecule has 156 valence electrons. The molecule has 1 aliphatic rings. The van der Waals surface area contributed by atoms with Crippen LogP contribution in [-0.4, -0.2) is 54.7 Å². The third-order valence-electron chi connectivity index (χ3n) is 5.62. The predicted octanol–water partition coefficient (Wildman–Crippen LogP) is 2.93. The zero-order valence-corrected chi connectivity index (χ0v) is 18.0. The molecule has 2 aromatic carbocycles. The van der Waals surface area contributed by atoms with Gasteiger partial charge in [-0.15, -0.1) is 0 Å². The first-order valence-corrected chi connectivity index (χ1v) is 11.5. The van der Waals surface area contributed by atoms with E-state index in [1.54, 1.807) is 23.2 Å². The minimum absolute atomic E-state index is 0.0312. The highest BCUT2D eigenvalue weighted by Crippen LogP contribution is 2.25. The van der Waals surface area contributed by atoms with Crippen molar-refractivity contribution in [3.8, 4) is 0 Å². The third-order valence-corrected chi connectivity index (χ3v) is 7.55. The average Bonchev–Trinajstić information content (AvgIpc) is 2.74. The molecule has 1 aliphatic heterocycles. The summed E-state index contributed by atoms with van der Waals surface area (Å²) in [5.41, 5.74) is 3.57. The van der Waals surface area contributed by atoms with E-state index in [0.717, 1.165) is 22.1 Å². The van der Waals surface area contributed by atoms with E-state index in [1.807, 2.05) is 50.2 Å². The number of para-hydroxylation sites is 1. The van der Waals surface area contributed by atoms with Gasteiger partial charge in [-0.1, -0.05) is 36.4 Å². The van der Waals surface area contributed by atoms with Gasteiger partial charge in [0.1, 0.15) is 4.90 Å². The molecule has 1 saturated heterocycles. The summed E-state index contributed by atoms with van der Waals surface area (Å²) in [7, 11) is -3.68. The lowest BCUT2D eigenvalue weighted by Crippen LogP contribution is -2.50. The van der Waals surface area contributed by atoms with Gasteiger partial charge in [-0.3, -0.25) is 9.78 Å². The van der Waals surface area contributed by atoms with Crippen molar-refractivity contribution >= 4 is 26.8 Å². The lowest BCUT2D eigenvalue weighted by Gasteiger charge is -2.34. The maximum Gasteiger partial charge on any atom is 0.245 e. The van der Waals surface area contributed by atoms with Gasteiger partial charge >= 0.3 is 0 Å². The van der Waals surface area contributed by atoms with Crippen molar-refractivity contribution in [1.82, 2.24) is 14.2 Å². The number of carbonyl (C=O) groups is 1. The van der Waals surface area contributed by atoms with Crippen molar-refractivity contribution in [1.29, 1.82) is 0 Å². The largest absolute Gasteiger partial charge is 0.340 e. The van der Waals surface area contributed by atoms with Crippen molar-refractivity contribution in [3.63, 3.8) is 0 Å². The van der Waals surface area contributed by atoms with E-state index in [4.69, 9.17) is 0 Å². The van der Waals surface area contributed by atoms with Crippen LogP contribution in [0.25, 0.3) is 10.9 Å². The topological polar surface area (TPSA) is 70.6 Å². The fraction of sp³-hybridized carbons (Fsp3) is 0.304. The molecule has 0 atom stereocenters. The van der Waals surface area contributed by atoms with Crippen LogP contribution in [0.2, 0.25) is 0 Å². The zero-order valence-electron chi connectivity index (χ0n) is 17.2. The fourth-order valence-corrected chi connectivity index (χ4v) is 5.44. The summed E-state index contributed by atoms with van der Waals surface area (Å²) in [5.74, 6) is 0.0312. The van der Waals surface area contributed by atoms with Crippen molar-refractivity contribution < 1.29 is 13.2 Å². The maximum atomic E-state index is 13.3. The molecule has 1 aromatic heterocycles. The number of hydrogen-bond donors (Lipinski definition) is 0. The van der Waals surface area contributed by atoms with Crippen molar-refractivity contribution in [3.05, 3.63) is 71.4 Å². The molecule has 7 heteroatoms. The number of nitrogens with zero attached hydrogens (tertiary/aromatic N) is 3. The molecule has 0 unspecified atom stereocenters. The molecule has 1 fully saturated rings. The third kappa shape index (κ3) is 3.95. The molecule has 0 aliphatic carbocycles. The van der Waals surface area contributed by atoms with Gasteiger partial charge in [0, 0.05) is 37.8 Å². The number of pyridine rings is 1. The monoisotopic (exact) mass is 423 g/mol. The Hall–Kier alpha value is -2.77. The molecule has 2 heterocycles. The summed E-state index contributed by atoms with van der Waals surface area (Å²) in [6.07, 6.45) is 2.02. The molecule has 6 nitrogen and oxygen atoms in total. The Balaban J connectivity index is 1.49. The van der Waals surface area contributed by atoms with Crippen LogP contribution in [0, 0.1) is 13.8 Å². The molecular weight excluding hydrogens is 398 g/mol. The summed E-state index contributed by atoms with van der Waals surface area (Å²) in [6, 6.07) is 15.0. The van der Waals surface area contributed by atoms with Gasteiger partial charge in [0.2, 0.25) is 15.9 Å². The van der Waals surface area contributed by atoms with Crippen LogP contribution in [0.15, 0.2) is 59.6 Å². The molecule has 0 radical (unpaired) electrons. The number of hydrogen-bond acceptors (Lipinski definition) is 4. The molecule has 3 aromatic rings. The molecule has 30 heavy (non-hydrogen) atoms. The first-order chi connectivity index (χ1) is 14.4. The first kappa shape index (κ1) is 20.5. The molecule has 4 rings (SSSR count). The average molecular weight is 424 g/mol. The fourth-order valence-electron chi connectivity index (χ4n) is 3.85. The number of carbonyl (C=O) groups excluding carboxylic acids is 1. The minimum Gasteiger partial charge on any atom is -0.340 e. The predicted molar refractivity (Wildman–Crippen MR) is 117 cm³/mol. The quantitative estimate of drug-likeness (QED) is 0.647. The smallest absolute Gasteiger partial charge is 0.245 e. The Morgan fingerprint density at radius 3 is 2.47 bits per heavy atom. The number of benzene rings is 2. The molecule has 0 saturated carbocycles. The number of aromatic nitrogens is 1. The molecule has 0 bridgehead atoms. The lowest BCUT2D eigenvalue weighted by atomic mass is 10.1. The van der Waals surface area contributed by atoms with Crippen LogP contribution in [-0.2, 0) is 21.2 Å². The van der Waals surface area contributed by atoms with Gasteiger partial charge in [-0.2, -0.15) is 4.31 Å². The summed E-state index contributed by atoms with van der Waals surface area (Å²) in [4.78, 5) is 19.0. The molecule has 0 spiro atoms. The van der Waals surface area contributed by atoms with Gasteiger partial charge in [0.15, 0.2) is 0 Å². The van der Waals surface area contributed by atoms with Crippen LogP contribution in [0.5, 0.6) is 0 Å². The highest BCUT2D eigenvalue weighted by Gasteiger charge is 2.31. The Bertz CT molecular complexity index is 1200. The number of fused-ring (bicyclic) bond motifs is 1. The Morgan fingerprint density at radius 2 is 1.73 bits per heavy atom. The van der Waals surface area contributed by atoms with Crippen LogP contribution in [0.3, 0.4) is 0 Å². The standard InChI is InChI=1S/C23H25N3O3S/c1-17-14-20-8-5-9-21(23(20)24-16-17)30(28,29)26-12-10-25(11-13-26)22(27)15-19-7-4-3-6-18(19)2/h3-9,14,16H,10-13,15H2,1-2H3. The Labute approximate surface area is 177 Å². The van der Waals surface area contributed by atoms with Crippen LogP contribution < -0.4 is 0 Å². The van der Waals surface area contributed by atoms with Crippen molar-refractivity contribution in [2.75, 3.05) is 26.2 Å².